The van der Waals surface area contributed by atoms with Gasteiger partial charge in [0.1, 0.15) is 0 Å². The maximum atomic E-state index is 12.2. The lowest BCUT2D eigenvalue weighted by Crippen LogP contribution is -2.20. The monoisotopic (exact) mass is 340 g/mol. The molecule has 108 valence electrons. The Kier molecular flexibility index (Phi) is 4.93. The molecule has 0 fully saturated rings. The zero-order valence-corrected chi connectivity index (χ0v) is 13.0. The maximum Gasteiger partial charge on any atom is 0.351 e. The van der Waals surface area contributed by atoms with E-state index in [1.165, 1.54) is 0 Å². The molecule has 6 heteroatoms. The largest absolute Gasteiger partial charge is 0.478 e. The Labute approximate surface area is 135 Å². The molecule has 21 heavy (non-hydrogen) atoms. The van der Waals surface area contributed by atoms with E-state index in [0.29, 0.717) is 16.0 Å². The maximum absolute atomic E-state index is 12.2. The van der Waals surface area contributed by atoms with E-state index in [1.807, 2.05) is 6.07 Å². The highest BCUT2D eigenvalue weighted by atomic mass is 35.5. The molecule has 0 atom stereocenters. The molecule has 0 aliphatic rings. The Morgan fingerprint density at radius 1 is 0.905 bits per heavy atom. The summed E-state index contributed by atoms with van der Waals surface area (Å²) in [5.74, 6) is -1.44. The summed E-state index contributed by atoms with van der Waals surface area (Å²) in [5.41, 5.74) is 1.10. The molecule has 0 saturated carbocycles. The first kappa shape index (κ1) is 15.9. The topological polar surface area (TPSA) is 54.4 Å². The molecule has 0 aliphatic carbocycles. The van der Waals surface area contributed by atoms with Gasteiger partial charge in [0, 0.05) is 16.0 Å². The minimum absolute atomic E-state index is 0.103. The van der Waals surface area contributed by atoms with Gasteiger partial charge in [-0.3, -0.25) is 4.79 Å². The second-order valence-corrected chi connectivity index (χ2v) is 7.21. The van der Waals surface area contributed by atoms with Crippen LogP contribution in [0.4, 0.5) is 0 Å². The summed E-state index contributed by atoms with van der Waals surface area (Å²) in [5, 5.41) is 8.86. The zero-order chi connectivity index (χ0) is 15.5. The number of carboxylic acid groups (broad SMARTS) is 1. The van der Waals surface area contributed by atoms with E-state index in [2.05, 4.69) is 0 Å². The van der Waals surface area contributed by atoms with Crippen LogP contribution in [0, 0.1) is 0 Å². The molecule has 0 unspecified atom stereocenters. The molecule has 0 heterocycles. The Morgan fingerprint density at radius 3 is 1.95 bits per heavy atom. The van der Waals surface area contributed by atoms with Crippen LogP contribution in [0.25, 0.3) is 0 Å². The summed E-state index contributed by atoms with van der Waals surface area (Å²) in [6.07, 6.45) is 0. The van der Waals surface area contributed by atoms with Gasteiger partial charge in [0.05, 0.1) is 0 Å². The zero-order valence-electron chi connectivity index (χ0n) is 10.6. The van der Waals surface area contributed by atoms with Crippen molar-refractivity contribution in [2.24, 2.45) is 0 Å². The van der Waals surface area contributed by atoms with Gasteiger partial charge in [0.25, 0.3) is 3.67 Å². The number of ketones is 1. The number of hydrogen-bond donors (Lipinski definition) is 1. The lowest BCUT2D eigenvalue weighted by atomic mass is 10.0. The first-order valence-electron chi connectivity index (χ1n) is 5.90. The molecular weight excluding hydrogens is 331 g/mol. The fourth-order valence-electron chi connectivity index (χ4n) is 1.62. The molecule has 2 aromatic carbocycles. The quantitative estimate of drug-likeness (QED) is 0.502. The van der Waals surface area contributed by atoms with Gasteiger partial charge in [-0.05, 0) is 24.3 Å². The minimum Gasteiger partial charge on any atom is -0.478 e. The molecule has 0 spiro atoms. The Bertz CT molecular complexity index is 654. The molecule has 0 aromatic heterocycles. The van der Waals surface area contributed by atoms with E-state index in [-0.39, 0.29) is 5.78 Å². The van der Waals surface area contributed by atoms with Crippen molar-refractivity contribution in [1.29, 1.82) is 0 Å². The van der Waals surface area contributed by atoms with Crippen LogP contribution in [-0.4, -0.2) is 20.5 Å². The Hall–Kier alpha value is -1.49. The predicted molar refractivity (Wildman–Crippen MR) is 84.2 cm³/mol. The lowest BCUT2D eigenvalue weighted by Gasteiger charge is -2.13. The number of alkyl halides is 2. The number of halogens is 2. The first-order valence-corrected chi connectivity index (χ1v) is 7.47. The van der Waals surface area contributed by atoms with Crippen molar-refractivity contribution in [2.45, 2.75) is 8.56 Å². The highest BCUT2D eigenvalue weighted by molar-refractivity contribution is 8.04. The number of rotatable bonds is 5. The highest BCUT2D eigenvalue weighted by Crippen LogP contribution is 2.40. The number of carbonyl (C=O) groups excluding carboxylic acids is 1. The summed E-state index contributed by atoms with van der Waals surface area (Å²) < 4.78 is -1.95. The van der Waals surface area contributed by atoms with E-state index >= 15 is 0 Å². The number of thioether (sulfide) groups is 1. The molecule has 1 N–H and O–H groups in total. The second kappa shape index (κ2) is 6.52. The summed E-state index contributed by atoms with van der Waals surface area (Å²) in [7, 11) is 0. The van der Waals surface area contributed by atoms with Gasteiger partial charge in [-0.25, -0.2) is 4.79 Å². The first-order chi connectivity index (χ1) is 9.90. The summed E-state index contributed by atoms with van der Waals surface area (Å²) >= 11 is 12.1. The van der Waals surface area contributed by atoms with Crippen LogP contribution in [0.15, 0.2) is 59.5 Å². The van der Waals surface area contributed by atoms with Gasteiger partial charge >= 0.3 is 5.97 Å². The molecule has 0 aliphatic heterocycles. The normalized spacial score (nSPS) is 11.1. The number of aliphatic carboxylic acids is 1. The Morgan fingerprint density at radius 2 is 1.43 bits per heavy atom. The smallest absolute Gasteiger partial charge is 0.351 e. The van der Waals surface area contributed by atoms with Gasteiger partial charge < -0.3 is 5.11 Å². The van der Waals surface area contributed by atoms with Crippen molar-refractivity contribution in [2.75, 3.05) is 0 Å². The van der Waals surface area contributed by atoms with E-state index in [4.69, 9.17) is 28.3 Å². The fraction of sp³-hybridized carbons (Fsp3) is 0.0667. The lowest BCUT2D eigenvalue weighted by molar-refractivity contribution is -0.135. The van der Waals surface area contributed by atoms with Crippen molar-refractivity contribution in [3.8, 4) is 0 Å². The van der Waals surface area contributed by atoms with Gasteiger partial charge in [0.2, 0.25) is 0 Å². The van der Waals surface area contributed by atoms with Crippen molar-refractivity contribution >= 4 is 46.7 Å². The summed E-state index contributed by atoms with van der Waals surface area (Å²) in [6.45, 7) is 0. The van der Waals surface area contributed by atoms with E-state index < -0.39 is 9.63 Å². The van der Waals surface area contributed by atoms with Crippen molar-refractivity contribution < 1.29 is 14.7 Å². The Balaban J connectivity index is 2.16. The molecular formula is C15H10Cl2O3S. The molecule has 0 bridgehead atoms. The third kappa shape index (κ3) is 4.00. The average molecular weight is 341 g/mol. The van der Waals surface area contributed by atoms with Crippen molar-refractivity contribution in [3.05, 3.63) is 65.7 Å². The second-order valence-electron chi connectivity index (χ2n) is 4.14. The number of benzene rings is 2. The van der Waals surface area contributed by atoms with Crippen LogP contribution < -0.4 is 0 Å². The third-order valence-electron chi connectivity index (χ3n) is 2.65. The molecule has 0 radical (unpaired) electrons. The van der Waals surface area contributed by atoms with E-state index in [1.54, 1.807) is 48.5 Å². The minimum atomic E-state index is -1.95. The van der Waals surface area contributed by atoms with E-state index in [0.717, 1.165) is 11.8 Å². The van der Waals surface area contributed by atoms with Gasteiger partial charge in [-0.15, -0.1) is 0 Å². The van der Waals surface area contributed by atoms with Crippen LogP contribution in [0.2, 0.25) is 0 Å². The molecule has 3 nitrogen and oxygen atoms in total. The molecule has 0 saturated heterocycles. The average Bonchev–Trinajstić information content (AvgIpc) is 2.48. The van der Waals surface area contributed by atoms with Crippen LogP contribution >= 0.6 is 35.0 Å². The predicted octanol–water partition coefficient (Wildman–Crippen LogP) is 4.23. The van der Waals surface area contributed by atoms with Crippen molar-refractivity contribution in [1.82, 2.24) is 0 Å². The number of hydrogen-bond acceptors (Lipinski definition) is 3. The number of carboxylic acids is 1. The van der Waals surface area contributed by atoms with Crippen LogP contribution in [0.5, 0.6) is 0 Å². The third-order valence-corrected chi connectivity index (χ3v) is 4.37. The van der Waals surface area contributed by atoms with Crippen molar-refractivity contribution in [3.63, 3.8) is 0 Å². The van der Waals surface area contributed by atoms with E-state index in [9.17, 15) is 9.59 Å². The molecule has 2 aromatic rings. The summed E-state index contributed by atoms with van der Waals surface area (Å²) in [4.78, 5) is 23.6. The van der Waals surface area contributed by atoms with Gasteiger partial charge in [-0.2, -0.15) is 0 Å². The highest BCUT2D eigenvalue weighted by Gasteiger charge is 2.34. The van der Waals surface area contributed by atoms with Crippen LogP contribution in [0.3, 0.4) is 0 Å². The molecule has 0 amide bonds. The van der Waals surface area contributed by atoms with Gasteiger partial charge in [-0.1, -0.05) is 65.3 Å². The standard InChI is InChI=1S/C15H10Cl2O3S/c16-15(17,14(19)20)21-12-8-6-11(7-9-12)13(18)10-4-2-1-3-5-10/h1-9H,(H,19,20). The SMILES string of the molecule is O=C(c1ccccc1)c1ccc(SC(Cl)(Cl)C(=O)O)cc1. The fourth-order valence-corrected chi connectivity index (χ4v) is 2.81. The molecule has 2 rings (SSSR count). The van der Waals surface area contributed by atoms with Gasteiger partial charge in [0.15, 0.2) is 5.78 Å². The number of carbonyl (C=O) groups is 2. The summed E-state index contributed by atoms with van der Waals surface area (Å²) in [6, 6.07) is 15.3. The van der Waals surface area contributed by atoms with Crippen LogP contribution in [-0.2, 0) is 4.79 Å². The van der Waals surface area contributed by atoms with Crippen LogP contribution in [0.1, 0.15) is 15.9 Å².